The molecule has 0 unspecified atom stereocenters. The Balaban J connectivity index is 2.27. The van der Waals surface area contributed by atoms with Gasteiger partial charge in [0.05, 0.1) is 6.42 Å². The molecule has 5 nitrogen and oxygen atoms in total. The maximum Gasteiger partial charge on any atom is 0.305 e. The molecule has 1 aromatic carbocycles. The first kappa shape index (κ1) is 15.6. The third-order valence-corrected chi connectivity index (χ3v) is 3.76. The Morgan fingerprint density at radius 2 is 2.05 bits per heavy atom. The number of carboxylic acid groups (broad SMARTS) is 1. The normalized spacial score (nSPS) is 11.0. The van der Waals surface area contributed by atoms with Crippen molar-refractivity contribution >= 4 is 38.7 Å². The van der Waals surface area contributed by atoms with Crippen LogP contribution in [0.1, 0.15) is 30.8 Å². The lowest BCUT2D eigenvalue weighted by molar-refractivity contribution is -0.137. The van der Waals surface area contributed by atoms with Crippen molar-refractivity contribution in [1.29, 1.82) is 0 Å². The van der Waals surface area contributed by atoms with Gasteiger partial charge in [0.25, 0.3) is 5.91 Å². The average molecular weight is 353 g/mol. The number of nitrogens with one attached hydrogen (secondary N) is 1. The van der Waals surface area contributed by atoms with Crippen LogP contribution < -0.4 is 0 Å². The summed E-state index contributed by atoms with van der Waals surface area (Å²) < 4.78 is 0.944. The van der Waals surface area contributed by atoms with Crippen LogP contribution in [-0.2, 0) is 4.79 Å². The average Bonchev–Trinajstić information content (AvgIpc) is 2.80. The number of H-pyrrole nitrogens is 1. The van der Waals surface area contributed by atoms with E-state index in [4.69, 9.17) is 5.11 Å². The Morgan fingerprint density at radius 3 is 2.67 bits per heavy atom. The van der Waals surface area contributed by atoms with E-state index in [1.807, 2.05) is 32.0 Å². The molecule has 0 saturated carbocycles. The highest BCUT2D eigenvalue weighted by atomic mass is 79.9. The van der Waals surface area contributed by atoms with Crippen molar-refractivity contribution in [3.8, 4) is 0 Å². The standard InChI is InChI=1S/C15H17BrN2O3/c1-9(2)18(6-5-14(19)20)15(21)13-8-10-7-11(16)3-4-12(10)17-13/h3-4,7-9,17H,5-6H2,1-2H3,(H,19,20). The number of carboxylic acids is 1. The fourth-order valence-electron chi connectivity index (χ4n) is 2.18. The minimum absolute atomic E-state index is 0.0598. The first-order chi connectivity index (χ1) is 9.88. The molecule has 2 rings (SSSR count). The maximum atomic E-state index is 12.5. The highest BCUT2D eigenvalue weighted by molar-refractivity contribution is 9.10. The van der Waals surface area contributed by atoms with Crippen molar-refractivity contribution in [2.75, 3.05) is 6.54 Å². The van der Waals surface area contributed by atoms with Crippen LogP contribution in [-0.4, -0.2) is 39.5 Å². The summed E-state index contributed by atoms with van der Waals surface area (Å²) in [6, 6.07) is 7.46. The summed E-state index contributed by atoms with van der Waals surface area (Å²) in [5.41, 5.74) is 1.35. The second-order valence-corrected chi connectivity index (χ2v) is 6.07. The van der Waals surface area contributed by atoms with Crippen molar-refractivity contribution < 1.29 is 14.7 Å². The highest BCUT2D eigenvalue weighted by Crippen LogP contribution is 2.21. The van der Waals surface area contributed by atoms with Crippen molar-refractivity contribution in [2.24, 2.45) is 0 Å². The summed E-state index contributed by atoms with van der Waals surface area (Å²) in [7, 11) is 0. The van der Waals surface area contributed by atoms with Gasteiger partial charge in [-0.1, -0.05) is 15.9 Å². The zero-order valence-electron chi connectivity index (χ0n) is 11.9. The van der Waals surface area contributed by atoms with Gasteiger partial charge in [-0.3, -0.25) is 9.59 Å². The zero-order valence-corrected chi connectivity index (χ0v) is 13.5. The van der Waals surface area contributed by atoms with E-state index < -0.39 is 5.97 Å². The van der Waals surface area contributed by atoms with Crippen LogP contribution in [0.3, 0.4) is 0 Å². The Kier molecular flexibility index (Phi) is 4.67. The minimum Gasteiger partial charge on any atom is -0.481 e. The fraction of sp³-hybridized carbons (Fsp3) is 0.333. The number of rotatable bonds is 5. The first-order valence-corrected chi connectivity index (χ1v) is 7.49. The Morgan fingerprint density at radius 1 is 1.33 bits per heavy atom. The van der Waals surface area contributed by atoms with Crippen LogP contribution in [0.25, 0.3) is 10.9 Å². The van der Waals surface area contributed by atoms with Gasteiger partial charge in [0.1, 0.15) is 5.69 Å². The first-order valence-electron chi connectivity index (χ1n) is 6.69. The third kappa shape index (κ3) is 3.64. The summed E-state index contributed by atoms with van der Waals surface area (Å²) in [5.74, 6) is -1.09. The molecule has 2 aromatic rings. The van der Waals surface area contributed by atoms with Crippen LogP contribution >= 0.6 is 15.9 Å². The van der Waals surface area contributed by atoms with Gasteiger partial charge in [-0.25, -0.2) is 0 Å². The maximum absolute atomic E-state index is 12.5. The molecule has 0 aliphatic rings. The lowest BCUT2D eigenvalue weighted by atomic mass is 10.2. The van der Waals surface area contributed by atoms with Crippen LogP contribution in [0.5, 0.6) is 0 Å². The van der Waals surface area contributed by atoms with Crippen LogP contribution in [0.15, 0.2) is 28.7 Å². The van der Waals surface area contributed by atoms with E-state index in [0.29, 0.717) is 5.69 Å². The lowest BCUT2D eigenvalue weighted by Gasteiger charge is -2.25. The summed E-state index contributed by atoms with van der Waals surface area (Å²) in [4.78, 5) is 27.9. The molecule has 2 N–H and O–H groups in total. The molecule has 0 atom stereocenters. The predicted octanol–water partition coefficient (Wildman–Crippen LogP) is 3.26. The van der Waals surface area contributed by atoms with Gasteiger partial charge in [0, 0.05) is 28.0 Å². The van der Waals surface area contributed by atoms with Crippen LogP contribution in [0, 0.1) is 0 Å². The monoisotopic (exact) mass is 352 g/mol. The SMILES string of the molecule is CC(C)N(CCC(=O)O)C(=O)c1cc2cc(Br)ccc2[nH]1. The van der Waals surface area contributed by atoms with E-state index in [1.54, 1.807) is 11.0 Å². The number of benzene rings is 1. The van der Waals surface area contributed by atoms with Crippen LogP contribution in [0.4, 0.5) is 0 Å². The molecular formula is C15H17BrN2O3. The van der Waals surface area contributed by atoms with Gasteiger partial charge in [0.15, 0.2) is 0 Å². The number of aromatic nitrogens is 1. The highest BCUT2D eigenvalue weighted by Gasteiger charge is 2.21. The van der Waals surface area contributed by atoms with Crippen molar-refractivity contribution in [2.45, 2.75) is 26.3 Å². The van der Waals surface area contributed by atoms with E-state index in [9.17, 15) is 9.59 Å². The van der Waals surface area contributed by atoms with Crippen molar-refractivity contribution in [3.63, 3.8) is 0 Å². The predicted molar refractivity (Wildman–Crippen MR) is 84.4 cm³/mol. The minimum atomic E-state index is -0.908. The molecule has 0 radical (unpaired) electrons. The Hall–Kier alpha value is -1.82. The quantitative estimate of drug-likeness (QED) is 0.867. The molecule has 0 aliphatic heterocycles. The summed E-state index contributed by atoms with van der Waals surface area (Å²) in [6.45, 7) is 3.95. The smallest absolute Gasteiger partial charge is 0.305 e. The summed E-state index contributed by atoms with van der Waals surface area (Å²) in [6.07, 6.45) is -0.0598. The molecule has 0 fully saturated rings. The Labute approximate surface area is 131 Å². The second kappa shape index (κ2) is 6.30. The molecule has 112 valence electrons. The molecule has 1 heterocycles. The van der Waals surface area contributed by atoms with Crippen LogP contribution in [0.2, 0.25) is 0 Å². The number of amides is 1. The topological polar surface area (TPSA) is 73.4 Å². The number of hydrogen-bond donors (Lipinski definition) is 2. The van der Waals surface area contributed by atoms with Gasteiger partial charge < -0.3 is 15.0 Å². The molecular weight excluding hydrogens is 336 g/mol. The van der Waals surface area contributed by atoms with Gasteiger partial charge in [0.2, 0.25) is 0 Å². The van der Waals surface area contributed by atoms with Crippen molar-refractivity contribution in [1.82, 2.24) is 9.88 Å². The number of nitrogens with zero attached hydrogens (tertiary/aromatic N) is 1. The Bertz CT molecular complexity index is 679. The fourth-order valence-corrected chi connectivity index (χ4v) is 2.56. The lowest BCUT2D eigenvalue weighted by Crippen LogP contribution is -2.38. The number of fused-ring (bicyclic) bond motifs is 1. The number of carbonyl (C=O) groups excluding carboxylic acids is 1. The number of halogens is 1. The summed E-state index contributed by atoms with van der Waals surface area (Å²) in [5, 5.41) is 9.73. The van der Waals surface area contributed by atoms with E-state index in [2.05, 4.69) is 20.9 Å². The van der Waals surface area contributed by atoms with Gasteiger partial charge in [-0.2, -0.15) is 0 Å². The number of carbonyl (C=O) groups is 2. The van der Waals surface area contributed by atoms with Gasteiger partial charge in [-0.05, 0) is 38.1 Å². The number of hydrogen-bond acceptors (Lipinski definition) is 2. The number of aromatic amines is 1. The van der Waals surface area contributed by atoms with E-state index in [-0.39, 0.29) is 24.9 Å². The number of aliphatic carboxylic acids is 1. The molecule has 0 spiro atoms. The van der Waals surface area contributed by atoms with Crippen molar-refractivity contribution in [3.05, 3.63) is 34.4 Å². The van der Waals surface area contributed by atoms with E-state index in [0.717, 1.165) is 15.4 Å². The second-order valence-electron chi connectivity index (χ2n) is 5.15. The molecule has 1 aromatic heterocycles. The molecule has 21 heavy (non-hydrogen) atoms. The molecule has 0 bridgehead atoms. The summed E-state index contributed by atoms with van der Waals surface area (Å²) >= 11 is 3.40. The molecule has 6 heteroatoms. The molecule has 1 amide bonds. The molecule has 0 aliphatic carbocycles. The van der Waals surface area contributed by atoms with E-state index in [1.165, 1.54) is 0 Å². The van der Waals surface area contributed by atoms with E-state index >= 15 is 0 Å². The largest absolute Gasteiger partial charge is 0.481 e. The third-order valence-electron chi connectivity index (χ3n) is 3.26. The molecule has 0 saturated heterocycles. The van der Waals surface area contributed by atoms with Gasteiger partial charge >= 0.3 is 5.97 Å². The zero-order chi connectivity index (χ0) is 15.6. The van der Waals surface area contributed by atoms with Gasteiger partial charge in [-0.15, -0.1) is 0 Å².